The van der Waals surface area contributed by atoms with E-state index in [1.807, 2.05) is 24.3 Å². The van der Waals surface area contributed by atoms with Crippen LogP contribution < -0.4 is 9.80 Å². The number of quaternary nitrogens is 2. The standard InChI is InChI=1S/C23H24N2O4/c26-18-9-10-19(22(29)13-18)23-24(14-16-5-1-3-7-20(16)27)11-12-25(23)15-17-6-2-4-8-21(17)28/h1-10,13,23,26-29H,11-12,14-15H2/p+2. The van der Waals surface area contributed by atoms with Crippen molar-refractivity contribution in [3.05, 3.63) is 83.4 Å². The Bertz CT molecular complexity index is 952. The highest BCUT2D eigenvalue weighted by atomic mass is 16.3. The number of nitrogens with one attached hydrogen (secondary N) is 2. The molecule has 1 aliphatic rings. The van der Waals surface area contributed by atoms with E-state index >= 15 is 0 Å². The van der Waals surface area contributed by atoms with Gasteiger partial charge in [-0.05, 0) is 36.4 Å². The van der Waals surface area contributed by atoms with Crippen molar-refractivity contribution in [1.82, 2.24) is 0 Å². The maximum Gasteiger partial charge on any atom is 0.244 e. The van der Waals surface area contributed by atoms with Crippen LogP contribution in [0, 0.1) is 0 Å². The van der Waals surface area contributed by atoms with E-state index in [0.29, 0.717) is 13.1 Å². The van der Waals surface area contributed by atoms with Crippen LogP contribution in [0.5, 0.6) is 23.0 Å². The molecule has 1 aliphatic heterocycles. The second-order valence-electron chi connectivity index (χ2n) is 7.60. The summed E-state index contributed by atoms with van der Waals surface area (Å²) >= 11 is 0. The lowest BCUT2D eigenvalue weighted by molar-refractivity contribution is -1.09. The fraction of sp³-hybridized carbons (Fsp3) is 0.217. The molecule has 0 radical (unpaired) electrons. The number of phenolic OH excluding ortho intramolecular Hbond substituents is 4. The van der Waals surface area contributed by atoms with Crippen LogP contribution in [0.4, 0.5) is 0 Å². The molecule has 2 atom stereocenters. The number of para-hydroxylation sites is 2. The molecule has 0 bridgehead atoms. The molecule has 4 rings (SSSR count). The van der Waals surface area contributed by atoms with Gasteiger partial charge in [0.15, 0.2) is 0 Å². The number of phenols is 4. The quantitative estimate of drug-likeness (QED) is 0.384. The summed E-state index contributed by atoms with van der Waals surface area (Å²) in [6, 6.07) is 19.3. The Kier molecular flexibility index (Phi) is 5.29. The lowest BCUT2D eigenvalue weighted by Gasteiger charge is -2.25. The first-order valence-corrected chi connectivity index (χ1v) is 9.77. The van der Waals surface area contributed by atoms with Gasteiger partial charge in [0.1, 0.15) is 54.7 Å². The van der Waals surface area contributed by atoms with Crippen LogP contribution in [0.1, 0.15) is 22.9 Å². The van der Waals surface area contributed by atoms with Crippen LogP contribution in [0.2, 0.25) is 0 Å². The first-order valence-electron chi connectivity index (χ1n) is 9.77. The molecule has 0 spiro atoms. The van der Waals surface area contributed by atoms with Gasteiger partial charge in [-0.15, -0.1) is 0 Å². The van der Waals surface area contributed by atoms with Crippen molar-refractivity contribution in [2.75, 3.05) is 13.1 Å². The Morgan fingerprint density at radius 2 is 1.17 bits per heavy atom. The highest BCUT2D eigenvalue weighted by Gasteiger charge is 2.42. The van der Waals surface area contributed by atoms with Crippen molar-refractivity contribution in [3.8, 4) is 23.0 Å². The van der Waals surface area contributed by atoms with Crippen molar-refractivity contribution in [3.63, 3.8) is 0 Å². The summed E-state index contributed by atoms with van der Waals surface area (Å²) in [6.07, 6.45) is -0.102. The monoisotopic (exact) mass is 394 g/mol. The van der Waals surface area contributed by atoms with E-state index in [2.05, 4.69) is 0 Å². The Balaban J connectivity index is 1.68. The van der Waals surface area contributed by atoms with Gasteiger partial charge < -0.3 is 20.4 Å². The molecular formula is C23H26N2O4+2. The highest BCUT2D eigenvalue weighted by molar-refractivity contribution is 5.39. The summed E-state index contributed by atoms with van der Waals surface area (Å²) in [5, 5.41) is 40.7. The van der Waals surface area contributed by atoms with E-state index in [0.717, 1.165) is 29.8 Å². The summed E-state index contributed by atoms with van der Waals surface area (Å²) in [6.45, 7) is 2.92. The fourth-order valence-electron chi connectivity index (χ4n) is 4.31. The third-order valence-corrected chi connectivity index (χ3v) is 5.73. The molecule has 2 unspecified atom stereocenters. The van der Waals surface area contributed by atoms with Crippen LogP contribution in [-0.2, 0) is 13.1 Å². The second kappa shape index (κ2) is 8.03. The lowest BCUT2D eigenvalue weighted by atomic mass is 10.1. The first-order chi connectivity index (χ1) is 14.0. The number of hydrogen-bond acceptors (Lipinski definition) is 4. The average Bonchev–Trinajstić information content (AvgIpc) is 3.07. The molecule has 0 amide bonds. The van der Waals surface area contributed by atoms with Crippen LogP contribution in [0.3, 0.4) is 0 Å². The number of rotatable bonds is 5. The SMILES string of the molecule is Oc1ccc(C2[NH+](Cc3ccccc3O)CC[NH+]2Cc2ccccc2O)c(O)c1. The number of aromatic hydroxyl groups is 4. The fourth-order valence-corrected chi connectivity index (χ4v) is 4.31. The minimum atomic E-state index is -0.102. The maximum atomic E-state index is 10.5. The summed E-state index contributed by atoms with van der Waals surface area (Å²) in [7, 11) is 0. The van der Waals surface area contributed by atoms with Gasteiger partial charge in [0.25, 0.3) is 0 Å². The van der Waals surface area contributed by atoms with E-state index < -0.39 is 0 Å². The van der Waals surface area contributed by atoms with Gasteiger partial charge in [0, 0.05) is 17.2 Å². The first kappa shape index (κ1) is 19.1. The second-order valence-corrected chi connectivity index (χ2v) is 7.60. The van der Waals surface area contributed by atoms with Gasteiger partial charge in [-0.1, -0.05) is 24.3 Å². The Labute approximate surface area is 169 Å². The Morgan fingerprint density at radius 1 is 0.655 bits per heavy atom. The molecule has 6 heteroatoms. The van der Waals surface area contributed by atoms with Gasteiger partial charge in [-0.25, -0.2) is 0 Å². The van der Waals surface area contributed by atoms with Crippen LogP contribution >= 0.6 is 0 Å². The van der Waals surface area contributed by atoms with Gasteiger partial charge in [0.2, 0.25) is 6.17 Å². The molecule has 29 heavy (non-hydrogen) atoms. The van der Waals surface area contributed by atoms with Crippen LogP contribution in [0.25, 0.3) is 0 Å². The summed E-state index contributed by atoms with van der Waals surface area (Å²) in [4.78, 5) is 2.41. The molecule has 1 heterocycles. The molecule has 1 saturated heterocycles. The summed E-state index contributed by atoms with van der Waals surface area (Å²) < 4.78 is 0. The van der Waals surface area contributed by atoms with Crippen LogP contribution in [0.15, 0.2) is 66.7 Å². The van der Waals surface area contributed by atoms with E-state index in [4.69, 9.17) is 0 Å². The zero-order valence-corrected chi connectivity index (χ0v) is 16.0. The van der Waals surface area contributed by atoms with Crippen molar-refractivity contribution >= 4 is 0 Å². The predicted molar refractivity (Wildman–Crippen MR) is 108 cm³/mol. The number of benzene rings is 3. The van der Waals surface area contributed by atoms with Gasteiger partial charge in [-0.2, -0.15) is 0 Å². The van der Waals surface area contributed by atoms with Crippen molar-refractivity contribution in [2.45, 2.75) is 19.3 Å². The lowest BCUT2D eigenvalue weighted by Crippen LogP contribution is -3.22. The normalized spacial score (nSPS) is 21.3. The van der Waals surface area contributed by atoms with Gasteiger partial charge in [0.05, 0.1) is 0 Å². The van der Waals surface area contributed by atoms with Crippen LogP contribution in [-0.4, -0.2) is 33.5 Å². The van der Waals surface area contributed by atoms with Crippen molar-refractivity contribution in [1.29, 1.82) is 0 Å². The minimum Gasteiger partial charge on any atom is -0.508 e. The minimum absolute atomic E-state index is 0.0220. The molecule has 3 aromatic rings. The third-order valence-electron chi connectivity index (χ3n) is 5.73. The Morgan fingerprint density at radius 3 is 1.66 bits per heavy atom. The average molecular weight is 394 g/mol. The molecule has 0 aliphatic carbocycles. The van der Waals surface area contributed by atoms with Crippen molar-refractivity contribution < 1.29 is 30.2 Å². The van der Waals surface area contributed by atoms with Gasteiger partial charge >= 0.3 is 0 Å². The summed E-state index contributed by atoms with van der Waals surface area (Å²) in [5.74, 6) is 0.612. The maximum absolute atomic E-state index is 10.5. The van der Waals surface area contributed by atoms with E-state index in [9.17, 15) is 20.4 Å². The van der Waals surface area contributed by atoms with E-state index in [-0.39, 0.29) is 29.2 Å². The molecular weight excluding hydrogens is 368 g/mol. The number of hydrogen-bond donors (Lipinski definition) is 6. The molecule has 0 saturated carbocycles. The zero-order valence-electron chi connectivity index (χ0n) is 16.0. The summed E-state index contributed by atoms with van der Waals surface area (Å²) in [5.41, 5.74) is 2.46. The van der Waals surface area contributed by atoms with Crippen molar-refractivity contribution in [2.24, 2.45) is 0 Å². The highest BCUT2D eigenvalue weighted by Crippen LogP contribution is 2.26. The molecule has 0 aromatic heterocycles. The third kappa shape index (κ3) is 3.99. The molecule has 1 fully saturated rings. The van der Waals surface area contributed by atoms with E-state index in [1.165, 1.54) is 15.9 Å². The van der Waals surface area contributed by atoms with E-state index in [1.54, 1.807) is 36.4 Å². The zero-order chi connectivity index (χ0) is 20.4. The topological polar surface area (TPSA) is 89.8 Å². The smallest absolute Gasteiger partial charge is 0.244 e. The molecule has 6 N–H and O–H groups in total. The Hall–Kier alpha value is -3.22. The molecule has 150 valence electrons. The largest absolute Gasteiger partial charge is 0.508 e. The predicted octanol–water partition coefficient (Wildman–Crippen LogP) is 0.691. The molecule has 3 aromatic carbocycles. The van der Waals surface area contributed by atoms with Gasteiger partial charge in [-0.3, -0.25) is 9.80 Å². The molecule has 6 nitrogen and oxygen atoms in total.